The number of hydrogen-bond donors (Lipinski definition) is 1. The van der Waals surface area contributed by atoms with Gasteiger partial charge in [0.25, 0.3) is 5.56 Å². The third kappa shape index (κ3) is 2.09. The number of pyridine rings is 1. The highest BCUT2D eigenvalue weighted by molar-refractivity contribution is 5.83. The highest BCUT2D eigenvalue weighted by Gasteiger charge is 2.06. The van der Waals surface area contributed by atoms with Gasteiger partial charge >= 0.3 is 0 Å². The summed E-state index contributed by atoms with van der Waals surface area (Å²) >= 11 is 0. The summed E-state index contributed by atoms with van der Waals surface area (Å²) in [7, 11) is 0. The fourth-order valence-corrected chi connectivity index (χ4v) is 1.96. The van der Waals surface area contributed by atoms with Gasteiger partial charge in [0.05, 0.1) is 5.39 Å². The summed E-state index contributed by atoms with van der Waals surface area (Å²) in [5.41, 5.74) is 0.868. The van der Waals surface area contributed by atoms with E-state index >= 15 is 0 Å². The predicted molar refractivity (Wildman–Crippen MR) is 69.4 cm³/mol. The normalized spacial score (nSPS) is 10.6. The van der Waals surface area contributed by atoms with Crippen LogP contribution >= 0.6 is 0 Å². The number of benzene rings is 1. The van der Waals surface area contributed by atoms with Crippen LogP contribution in [0.3, 0.4) is 0 Å². The van der Waals surface area contributed by atoms with Gasteiger partial charge in [-0.05, 0) is 36.9 Å². The molecule has 0 aliphatic carbocycles. The molecule has 1 heterocycles. The zero-order chi connectivity index (χ0) is 12.4. The Kier molecular flexibility index (Phi) is 3.00. The first-order valence-electron chi connectivity index (χ1n) is 5.57. The third-order valence-electron chi connectivity index (χ3n) is 2.86. The molecule has 1 N–H and O–H groups in total. The number of fused-ring (bicyclic) bond motifs is 1. The van der Waals surface area contributed by atoms with E-state index in [0.717, 1.165) is 17.5 Å². The fourth-order valence-electron chi connectivity index (χ4n) is 1.96. The number of hydrogen-bond acceptors (Lipinski definition) is 2. The molecule has 0 radical (unpaired) electrons. The summed E-state index contributed by atoms with van der Waals surface area (Å²) in [6.07, 6.45) is 2.55. The first-order chi connectivity index (χ1) is 8.13. The lowest BCUT2D eigenvalue weighted by Gasteiger charge is -2.10. The molecule has 0 amide bonds. The van der Waals surface area contributed by atoms with Crippen molar-refractivity contribution in [2.75, 3.05) is 0 Å². The van der Waals surface area contributed by atoms with Crippen LogP contribution in [-0.2, 0) is 6.54 Å². The van der Waals surface area contributed by atoms with Crippen LogP contribution in [0.25, 0.3) is 10.8 Å². The number of phenols is 1. The zero-order valence-electron chi connectivity index (χ0n) is 9.81. The second kappa shape index (κ2) is 4.45. The van der Waals surface area contributed by atoms with Crippen molar-refractivity contribution >= 4 is 10.8 Å². The van der Waals surface area contributed by atoms with E-state index in [9.17, 15) is 9.90 Å². The Morgan fingerprint density at radius 3 is 2.88 bits per heavy atom. The molecule has 0 bridgehead atoms. The summed E-state index contributed by atoms with van der Waals surface area (Å²) in [5, 5.41) is 10.8. The molecule has 0 unspecified atom stereocenters. The van der Waals surface area contributed by atoms with Gasteiger partial charge in [0.15, 0.2) is 0 Å². The standard InChI is InChI=1S/C14H15NO2/c1-3-4-7-15-10(2)8-11-5-6-12(16)9-13(11)14(15)17/h3,5-6,8-9,16H,1,4,7H2,2H3. The molecule has 0 fully saturated rings. The predicted octanol–water partition coefficient (Wildman–Crippen LogP) is 2.59. The first kappa shape index (κ1) is 11.5. The lowest BCUT2D eigenvalue weighted by molar-refractivity contribution is 0.476. The van der Waals surface area contributed by atoms with Crippen LogP contribution in [0.4, 0.5) is 0 Å². The van der Waals surface area contributed by atoms with Crippen molar-refractivity contribution in [2.45, 2.75) is 19.9 Å². The second-order valence-electron chi connectivity index (χ2n) is 4.09. The lowest BCUT2D eigenvalue weighted by Crippen LogP contribution is -2.22. The van der Waals surface area contributed by atoms with Crippen molar-refractivity contribution in [3.8, 4) is 5.75 Å². The molecule has 0 saturated carbocycles. The topological polar surface area (TPSA) is 42.2 Å². The molecular formula is C14H15NO2. The minimum atomic E-state index is -0.0576. The molecule has 0 atom stereocenters. The number of allylic oxidation sites excluding steroid dienone is 1. The highest BCUT2D eigenvalue weighted by atomic mass is 16.3. The fraction of sp³-hybridized carbons (Fsp3) is 0.214. The van der Waals surface area contributed by atoms with Crippen LogP contribution in [0.2, 0.25) is 0 Å². The van der Waals surface area contributed by atoms with Crippen LogP contribution in [0, 0.1) is 6.92 Å². The zero-order valence-corrected chi connectivity index (χ0v) is 9.81. The van der Waals surface area contributed by atoms with Gasteiger partial charge in [0, 0.05) is 12.2 Å². The molecule has 0 saturated heterocycles. The van der Waals surface area contributed by atoms with Crippen molar-refractivity contribution in [1.29, 1.82) is 0 Å². The largest absolute Gasteiger partial charge is 0.508 e. The number of nitrogens with zero attached hydrogens (tertiary/aromatic N) is 1. The number of aryl methyl sites for hydroxylation is 1. The Balaban J connectivity index is 2.69. The quantitative estimate of drug-likeness (QED) is 0.822. The SMILES string of the molecule is C=CCCn1c(C)cc2ccc(O)cc2c1=O. The van der Waals surface area contributed by atoms with Gasteiger partial charge in [-0.3, -0.25) is 4.79 Å². The van der Waals surface area contributed by atoms with Gasteiger partial charge in [-0.1, -0.05) is 12.1 Å². The van der Waals surface area contributed by atoms with Crippen molar-refractivity contribution in [1.82, 2.24) is 4.57 Å². The van der Waals surface area contributed by atoms with Gasteiger partial charge in [0.2, 0.25) is 0 Å². The van der Waals surface area contributed by atoms with Gasteiger partial charge in [-0.25, -0.2) is 0 Å². The van der Waals surface area contributed by atoms with Gasteiger partial charge in [-0.15, -0.1) is 6.58 Å². The van der Waals surface area contributed by atoms with E-state index in [1.165, 1.54) is 6.07 Å². The number of aromatic hydroxyl groups is 1. The number of aromatic nitrogens is 1. The Morgan fingerprint density at radius 1 is 1.41 bits per heavy atom. The summed E-state index contributed by atoms with van der Waals surface area (Å²) in [4.78, 5) is 12.2. The molecule has 88 valence electrons. The van der Waals surface area contributed by atoms with Gasteiger partial charge < -0.3 is 9.67 Å². The molecule has 17 heavy (non-hydrogen) atoms. The molecule has 0 spiro atoms. The van der Waals surface area contributed by atoms with Crippen molar-refractivity contribution < 1.29 is 5.11 Å². The van der Waals surface area contributed by atoms with Crippen LogP contribution in [0.1, 0.15) is 12.1 Å². The van der Waals surface area contributed by atoms with Gasteiger partial charge in [-0.2, -0.15) is 0 Å². The molecule has 2 rings (SSSR count). The smallest absolute Gasteiger partial charge is 0.258 e. The van der Waals surface area contributed by atoms with Crippen molar-refractivity contribution in [3.05, 3.63) is 53.0 Å². The van der Waals surface area contributed by atoms with Crippen molar-refractivity contribution in [3.63, 3.8) is 0 Å². The van der Waals surface area contributed by atoms with E-state index in [0.29, 0.717) is 11.9 Å². The minimum Gasteiger partial charge on any atom is -0.508 e. The molecule has 3 heteroatoms. The summed E-state index contributed by atoms with van der Waals surface area (Å²) < 4.78 is 1.71. The average molecular weight is 229 g/mol. The Hall–Kier alpha value is -2.03. The summed E-state index contributed by atoms with van der Waals surface area (Å²) in [6, 6.07) is 6.83. The van der Waals surface area contributed by atoms with Crippen LogP contribution in [-0.4, -0.2) is 9.67 Å². The molecule has 0 aliphatic rings. The van der Waals surface area contributed by atoms with Crippen LogP contribution in [0.5, 0.6) is 5.75 Å². The van der Waals surface area contributed by atoms with E-state index in [2.05, 4.69) is 6.58 Å². The van der Waals surface area contributed by atoms with E-state index in [4.69, 9.17) is 0 Å². The number of phenolic OH excluding ortho intramolecular Hbond substituents is 1. The summed E-state index contributed by atoms with van der Waals surface area (Å²) in [6.45, 7) is 6.19. The lowest BCUT2D eigenvalue weighted by atomic mass is 10.1. The van der Waals surface area contributed by atoms with Crippen LogP contribution in [0.15, 0.2) is 41.7 Å². The third-order valence-corrected chi connectivity index (χ3v) is 2.86. The molecular weight excluding hydrogens is 214 g/mol. The monoisotopic (exact) mass is 229 g/mol. The number of rotatable bonds is 3. The Labute approximate surface area is 99.6 Å². The highest BCUT2D eigenvalue weighted by Crippen LogP contribution is 2.18. The van der Waals surface area contributed by atoms with Crippen LogP contribution < -0.4 is 5.56 Å². The van der Waals surface area contributed by atoms with E-state index in [1.54, 1.807) is 22.8 Å². The second-order valence-corrected chi connectivity index (χ2v) is 4.09. The maximum Gasteiger partial charge on any atom is 0.258 e. The summed E-state index contributed by atoms with van der Waals surface area (Å²) in [5.74, 6) is 0.119. The first-order valence-corrected chi connectivity index (χ1v) is 5.57. The maximum absolute atomic E-state index is 12.2. The Morgan fingerprint density at radius 2 is 2.18 bits per heavy atom. The molecule has 1 aromatic carbocycles. The molecule has 1 aromatic heterocycles. The van der Waals surface area contributed by atoms with Gasteiger partial charge in [0.1, 0.15) is 5.75 Å². The van der Waals surface area contributed by atoms with Crippen molar-refractivity contribution in [2.24, 2.45) is 0 Å². The molecule has 2 aromatic rings. The van der Waals surface area contributed by atoms with E-state index < -0.39 is 0 Å². The van der Waals surface area contributed by atoms with E-state index in [1.807, 2.05) is 13.0 Å². The van der Waals surface area contributed by atoms with E-state index in [-0.39, 0.29) is 11.3 Å². The molecule has 0 aliphatic heterocycles. The molecule has 3 nitrogen and oxygen atoms in total. The minimum absolute atomic E-state index is 0.0576. The Bertz CT molecular complexity index is 626. The average Bonchev–Trinajstić information content (AvgIpc) is 2.30. The maximum atomic E-state index is 12.2.